The fourth-order valence-corrected chi connectivity index (χ4v) is 2.38. The number of hydrogen-bond donors (Lipinski definition) is 2. The number of rotatable bonds is 3. The lowest BCUT2D eigenvalue weighted by molar-refractivity contribution is 0.504. The number of benzene rings is 1. The molecule has 0 aliphatic carbocycles. The van der Waals surface area contributed by atoms with Crippen LogP contribution in [0.5, 0.6) is 0 Å². The third kappa shape index (κ3) is 2.83. The molecule has 0 atom stereocenters. The summed E-state index contributed by atoms with van der Waals surface area (Å²) in [7, 11) is 0. The highest BCUT2D eigenvalue weighted by Gasteiger charge is 2.15. The fourth-order valence-electron chi connectivity index (χ4n) is 2.38. The van der Waals surface area contributed by atoms with Crippen LogP contribution in [0.15, 0.2) is 52.1 Å². The molecule has 3 N–H and O–H groups in total. The van der Waals surface area contributed by atoms with Gasteiger partial charge in [0.05, 0.1) is 17.4 Å². The Hall–Kier alpha value is -3.22. The fraction of sp³-hybridized carbons (Fsp3) is 0.176. The molecule has 3 aromatic rings. The molecule has 0 bridgehead atoms. The van der Waals surface area contributed by atoms with Crippen LogP contribution >= 0.6 is 0 Å². The molecule has 1 aromatic carbocycles. The van der Waals surface area contributed by atoms with Gasteiger partial charge in [-0.2, -0.15) is 5.10 Å². The van der Waals surface area contributed by atoms with Crippen LogP contribution in [-0.4, -0.2) is 19.7 Å². The zero-order chi connectivity index (χ0) is 17.3. The molecule has 0 amide bonds. The number of hydrogen-bond acceptors (Lipinski definition) is 5. The van der Waals surface area contributed by atoms with Gasteiger partial charge in [-0.25, -0.2) is 9.67 Å². The van der Waals surface area contributed by atoms with Crippen molar-refractivity contribution in [1.29, 1.82) is 0 Å². The monoisotopic (exact) mass is 323 g/mol. The summed E-state index contributed by atoms with van der Waals surface area (Å²) in [4.78, 5) is 30.8. The van der Waals surface area contributed by atoms with Crippen molar-refractivity contribution in [3.63, 3.8) is 0 Å². The topological polar surface area (TPSA) is 107 Å². The Kier molecular flexibility index (Phi) is 3.99. The standard InChI is InChI=1S/C17H17N5O2/c1-10(2)22-13(23)9-8-12(21-22)15-14(11-6-4-3-5-7-11)19-16(18)17(24)20-15/h3-10H,1-2H3,(H2,18,19)(H,20,24). The SMILES string of the molecule is CC(C)n1nc(-c2[nH]c(=O)c(N)nc2-c2ccccc2)ccc1=O. The van der Waals surface area contributed by atoms with Crippen molar-refractivity contribution in [1.82, 2.24) is 19.7 Å². The minimum atomic E-state index is -0.492. The van der Waals surface area contributed by atoms with Crippen molar-refractivity contribution in [3.05, 3.63) is 63.2 Å². The Balaban J connectivity index is 2.29. The van der Waals surface area contributed by atoms with Crippen molar-refractivity contribution in [2.45, 2.75) is 19.9 Å². The van der Waals surface area contributed by atoms with Gasteiger partial charge in [-0.05, 0) is 19.9 Å². The summed E-state index contributed by atoms with van der Waals surface area (Å²) in [5, 5.41) is 4.35. The van der Waals surface area contributed by atoms with Crippen molar-refractivity contribution < 1.29 is 0 Å². The third-order valence-corrected chi connectivity index (χ3v) is 3.56. The van der Waals surface area contributed by atoms with Gasteiger partial charge in [0, 0.05) is 11.6 Å². The quantitative estimate of drug-likeness (QED) is 0.764. The molecule has 7 heteroatoms. The predicted molar refractivity (Wildman–Crippen MR) is 92.6 cm³/mol. The van der Waals surface area contributed by atoms with Crippen LogP contribution in [0, 0.1) is 0 Å². The maximum atomic E-state index is 11.9. The molecule has 3 rings (SSSR count). The Morgan fingerprint density at radius 1 is 1.08 bits per heavy atom. The third-order valence-electron chi connectivity index (χ3n) is 3.56. The van der Waals surface area contributed by atoms with Crippen LogP contribution in [0.3, 0.4) is 0 Å². The van der Waals surface area contributed by atoms with Crippen molar-refractivity contribution in [2.75, 3.05) is 5.73 Å². The molecule has 0 radical (unpaired) electrons. The summed E-state index contributed by atoms with van der Waals surface area (Å²) >= 11 is 0. The minimum Gasteiger partial charge on any atom is -0.379 e. The average Bonchev–Trinajstić information content (AvgIpc) is 2.58. The second-order valence-corrected chi connectivity index (χ2v) is 5.64. The lowest BCUT2D eigenvalue weighted by atomic mass is 10.1. The molecule has 0 saturated heterocycles. The Bertz CT molecular complexity index is 990. The van der Waals surface area contributed by atoms with E-state index in [0.717, 1.165) is 5.56 Å². The Labute approximate surface area is 137 Å². The second kappa shape index (κ2) is 6.11. The van der Waals surface area contributed by atoms with E-state index >= 15 is 0 Å². The van der Waals surface area contributed by atoms with E-state index in [4.69, 9.17) is 5.73 Å². The highest BCUT2D eigenvalue weighted by molar-refractivity contribution is 5.76. The van der Waals surface area contributed by atoms with Crippen LogP contribution < -0.4 is 16.9 Å². The smallest absolute Gasteiger partial charge is 0.291 e. The van der Waals surface area contributed by atoms with Gasteiger partial charge in [0.2, 0.25) is 0 Å². The first-order valence-electron chi connectivity index (χ1n) is 7.53. The van der Waals surface area contributed by atoms with Crippen LogP contribution in [0.2, 0.25) is 0 Å². The molecule has 2 heterocycles. The molecule has 122 valence electrons. The second-order valence-electron chi connectivity index (χ2n) is 5.64. The van der Waals surface area contributed by atoms with E-state index in [9.17, 15) is 9.59 Å². The summed E-state index contributed by atoms with van der Waals surface area (Å²) in [6.45, 7) is 3.72. The van der Waals surface area contributed by atoms with E-state index in [0.29, 0.717) is 17.1 Å². The molecule has 0 saturated carbocycles. The largest absolute Gasteiger partial charge is 0.379 e. The number of nitrogens with two attached hydrogens (primary N) is 1. The molecule has 0 fully saturated rings. The van der Waals surface area contributed by atoms with Crippen molar-refractivity contribution in [2.24, 2.45) is 0 Å². The first-order chi connectivity index (χ1) is 11.5. The Morgan fingerprint density at radius 3 is 2.46 bits per heavy atom. The molecular weight excluding hydrogens is 306 g/mol. The maximum Gasteiger partial charge on any atom is 0.291 e. The van der Waals surface area contributed by atoms with Crippen LogP contribution in [-0.2, 0) is 0 Å². The van der Waals surface area contributed by atoms with E-state index in [1.165, 1.54) is 10.7 Å². The summed E-state index contributed by atoms with van der Waals surface area (Å²) < 4.78 is 1.36. The summed E-state index contributed by atoms with van der Waals surface area (Å²) in [6, 6.07) is 12.2. The van der Waals surface area contributed by atoms with Gasteiger partial charge in [-0.3, -0.25) is 9.59 Å². The van der Waals surface area contributed by atoms with Gasteiger partial charge in [0.15, 0.2) is 5.82 Å². The molecule has 7 nitrogen and oxygen atoms in total. The number of aromatic nitrogens is 4. The molecule has 0 unspecified atom stereocenters. The van der Waals surface area contributed by atoms with E-state index in [1.54, 1.807) is 6.07 Å². The molecule has 0 aliphatic rings. The first kappa shape index (κ1) is 15.7. The number of nitrogens with zero attached hydrogens (tertiary/aromatic N) is 3. The summed E-state index contributed by atoms with van der Waals surface area (Å²) in [6.07, 6.45) is 0. The van der Waals surface area contributed by atoms with E-state index in [2.05, 4.69) is 15.1 Å². The van der Waals surface area contributed by atoms with Crippen LogP contribution in [0.1, 0.15) is 19.9 Å². The molecule has 0 aliphatic heterocycles. The molecular formula is C17H17N5O2. The molecule has 24 heavy (non-hydrogen) atoms. The summed E-state index contributed by atoms with van der Waals surface area (Å²) in [5.74, 6) is -0.116. The molecule has 2 aromatic heterocycles. The number of H-pyrrole nitrogens is 1. The lowest BCUT2D eigenvalue weighted by Gasteiger charge is -2.12. The highest BCUT2D eigenvalue weighted by Crippen LogP contribution is 2.26. The van der Waals surface area contributed by atoms with Gasteiger partial charge >= 0.3 is 0 Å². The lowest BCUT2D eigenvalue weighted by Crippen LogP contribution is -2.24. The predicted octanol–water partition coefficient (Wildman–Crippen LogP) is 1.82. The average molecular weight is 323 g/mol. The first-order valence-corrected chi connectivity index (χ1v) is 7.53. The Morgan fingerprint density at radius 2 is 1.79 bits per heavy atom. The van der Waals surface area contributed by atoms with E-state index in [-0.39, 0.29) is 17.4 Å². The van der Waals surface area contributed by atoms with Gasteiger partial charge < -0.3 is 10.7 Å². The highest BCUT2D eigenvalue weighted by atomic mass is 16.1. The normalized spacial score (nSPS) is 11.0. The van der Waals surface area contributed by atoms with Crippen molar-refractivity contribution in [3.8, 4) is 22.6 Å². The van der Waals surface area contributed by atoms with Gasteiger partial charge in [0.1, 0.15) is 5.69 Å². The van der Waals surface area contributed by atoms with Gasteiger partial charge in [-0.15, -0.1) is 0 Å². The number of nitrogen functional groups attached to an aromatic ring is 1. The van der Waals surface area contributed by atoms with E-state index in [1.807, 2.05) is 44.2 Å². The molecule has 0 spiro atoms. The van der Waals surface area contributed by atoms with Gasteiger partial charge in [0.25, 0.3) is 11.1 Å². The minimum absolute atomic E-state index is 0.105. The maximum absolute atomic E-state index is 11.9. The zero-order valence-corrected chi connectivity index (χ0v) is 13.4. The van der Waals surface area contributed by atoms with Gasteiger partial charge in [-0.1, -0.05) is 30.3 Å². The number of aromatic amines is 1. The number of nitrogens with one attached hydrogen (secondary N) is 1. The van der Waals surface area contributed by atoms with Crippen LogP contribution in [0.4, 0.5) is 5.82 Å². The number of anilines is 1. The van der Waals surface area contributed by atoms with E-state index < -0.39 is 5.56 Å². The zero-order valence-electron chi connectivity index (χ0n) is 13.4. The van der Waals surface area contributed by atoms with Crippen molar-refractivity contribution >= 4 is 5.82 Å². The summed E-state index contributed by atoms with van der Waals surface area (Å²) in [5.41, 5.74) is 7.15. The van der Waals surface area contributed by atoms with Crippen LogP contribution in [0.25, 0.3) is 22.6 Å².